The minimum atomic E-state index is -0.662. The topological polar surface area (TPSA) is 37.3 Å². The molecule has 0 heterocycles. The SMILES string of the molecule is CCCCCCCC(C)C(=O)O.[H-].[H-].[Mg+2]. The first-order valence-corrected chi connectivity index (χ1v) is 4.91. The Morgan fingerprint density at radius 2 is 1.85 bits per heavy atom. The summed E-state index contributed by atoms with van der Waals surface area (Å²) in [4.78, 5) is 10.4. The molecule has 0 amide bonds. The molecule has 0 bridgehead atoms. The van der Waals surface area contributed by atoms with Gasteiger partial charge < -0.3 is 7.96 Å². The van der Waals surface area contributed by atoms with E-state index in [9.17, 15) is 4.79 Å². The average Bonchev–Trinajstić information content (AvgIpc) is 2.03. The van der Waals surface area contributed by atoms with Gasteiger partial charge >= 0.3 is 29.0 Å². The van der Waals surface area contributed by atoms with Crippen molar-refractivity contribution in [1.82, 2.24) is 0 Å². The zero-order valence-corrected chi connectivity index (χ0v) is 10.3. The molecule has 1 N–H and O–H groups in total. The zero-order chi connectivity index (χ0) is 9.40. The second kappa shape index (κ2) is 10.3. The van der Waals surface area contributed by atoms with Crippen LogP contribution in [0.3, 0.4) is 0 Å². The van der Waals surface area contributed by atoms with Crippen LogP contribution in [0, 0.1) is 5.92 Å². The standard InChI is InChI=1S/C10H20O2.Mg.2H/c1-3-4-5-6-7-8-9(2)10(11)12;;;/h9H,3-8H2,1-2H3,(H,11,12);;;/q;+2;2*-1. The summed E-state index contributed by atoms with van der Waals surface area (Å²) in [7, 11) is 0. The molecule has 0 rings (SSSR count). The number of unbranched alkanes of at least 4 members (excludes halogenated alkanes) is 4. The molecule has 0 aliphatic rings. The third-order valence-electron chi connectivity index (χ3n) is 2.16. The van der Waals surface area contributed by atoms with Gasteiger partial charge in [0.2, 0.25) is 0 Å². The molecule has 1 unspecified atom stereocenters. The van der Waals surface area contributed by atoms with Gasteiger partial charge in [0.15, 0.2) is 0 Å². The molecule has 0 aliphatic heterocycles. The number of aliphatic carboxylic acids is 1. The summed E-state index contributed by atoms with van der Waals surface area (Å²) in [5.74, 6) is -0.822. The third-order valence-corrected chi connectivity index (χ3v) is 2.16. The summed E-state index contributed by atoms with van der Waals surface area (Å²) in [6, 6.07) is 0. The van der Waals surface area contributed by atoms with Gasteiger partial charge in [0.25, 0.3) is 0 Å². The average molecular weight is 199 g/mol. The van der Waals surface area contributed by atoms with E-state index in [1.807, 2.05) is 0 Å². The Labute approximate surface area is 100 Å². The van der Waals surface area contributed by atoms with E-state index >= 15 is 0 Å². The van der Waals surface area contributed by atoms with Crippen molar-refractivity contribution in [1.29, 1.82) is 0 Å². The molecule has 13 heavy (non-hydrogen) atoms. The summed E-state index contributed by atoms with van der Waals surface area (Å²) < 4.78 is 0. The van der Waals surface area contributed by atoms with E-state index in [0.717, 1.165) is 12.8 Å². The molecule has 2 nitrogen and oxygen atoms in total. The van der Waals surface area contributed by atoms with Crippen molar-refractivity contribution < 1.29 is 12.8 Å². The molecule has 0 fully saturated rings. The van der Waals surface area contributed by atoms with Crippen LogP contribution in [0.2, 0.25) is 0 Å². The molecule has 76 valence electrons. The predicted octanol–water partition coefficient (Wildman–Crippen LogP) is 2.91. The summed E-state index contributed by atoms with van der Waals surface area (Å²) >= 11 is 0. The fourth-order valence-corrected chi connectivity index (χ4v) is 1.18. The quantitative estimate of drug-likeness (QED) is 0.505. The van der Waals surface area contributed by atoms with Gasteiger partial charge in [0, 0.05) is 0 Å². The van der Waals surface area contributed by atoms with E-state index in [-0.39, 0.29) is 31.8 Å². The minimum absolute atomic E-state index is 0. The van der Waals surface area contributed by atoms with E-state index in [0.29, 0.717) is 0 Å². The zero-order valence-electron chi connectivity index (χ0n) is 10.9. The number of hydrogen-bond acceptors (Lipinski definition) is 1. The molecule has 0 radical (unpaired) electrons. The number of carboxylic acids is 1. The van der Waals surface area contributed by atoms with E-state index in [4.69, 9.17) is 5.11 Å². The van der Waals surface area contributed by atoms with E-state index in [1.54, 1.807) is 6.92 Å². The summed E-state index contributed by atoms with van der Waals surface area (Å²) in [5, 5.41) is 8.58. The largest absolute Gasteiger partial charge is 2.00 e. The molecule has 0 aromatic carbocycles. The molecule has 0 aromatic rings. The minimum Gasteiger partial charge on any atom is -1.00 e. The first-order valence-electron chi connectivity index (χ1n) is 4.91. The number of carboxylic acid groups (broad SMARTS) is 1. The number of rotatable bonds is 7. The van der Waals surface area contributed by atoms with Crippen molar-refractivity contribution in [2.75, 3.05) is 0 Å². The van der Waals surface area contributed by atoms with Gasteiger partial charge in [-0.3, -0.25) is 4.79 Å². The Morgan fingerprint density at radius 1 is 1.31 bits per heavy atom. The summed E-state index contributed by atoms with van der Waals surface area (Å²) in [6.45, 7) is 3.96. The van der Waals surface area contributed by atoms with Gasteiger partial charge in [-0.1, -0.05) is 46.0 Å². The van der Waals surface area contributed by atoms with E-state index in [2.05, 4.69) is 6.92 Å². The van der Waals surface area contributed by atoms with Crippen LogP contribution >= 0.6 is 0 Å². The molecular weight excluding hydrogens is 176 g/mol. The van der Waals surface area contributed by atoms with Crippen molar-refractivity contribution in [2.24, 2.45) is 5.92 Å². The first kappa shape index (κ1) is 15.7. The Bertz CT molecular complexity index is 135. The monoisotopic (exact) mass is 198 g/mol. The van der Waals surface area contributed by atoms with Crippen molar-refractivity contribution >= 4 is 29.0 Å². The normalized spacial score (nSPS) is 11.8. The Balaban J connectivity index is -0.000000202. The van der Waals surface area contributed by atoms with Gasteiger partial charge in [-0.05, 0) is 6.42 Å². The van der Waals surface area contributed by atoms with Crippen LogP contribution < -0.4 is 0 Å². The Hall–Kier alpha value is 0.236. The van der Waals surface area contributed by atoms with Crippen molar-refractivity contribution in [3.63, 3.8) is 0 Å². The van der Waals surface area contributed by atoms with Crippen molar-refractivity contribution in [3.8, 4) is 0 Å². The number of carbonyl (C=O) groups is 1. The number of hydrogen-bond donors (Lipinski definition) is 1. The van der Waals surface area contributed by atoms with Gasteiger partial charge in [0.1, 0.15) is 0 Å². The van der Waals surface area contributed by atoms with Crippen LogP contribution in [-0.4, -0.2) is 34.1 Å². The second-order valence-electron chi connectivity index (χ2n) is 3.44. The van der Waals surface area contributed by atoms with Gasteiger partial charge in [-0.2, -0.15) is 0 Å². The molecule has 0 saturated heterocycles. The van der Waals surface area contributed by atoms with Crippen LogP contribution in [0.5, 0.6) is 0 Å². The molecule has 0 saturated carbocycles. The van der Waals surface area contributed by atoms with E-state index in [1.165, 1.54) is 25.7 Å². The Kier molecular flexibility index (Phi) is 12.5. The first-order chi connectivity index (χ1) is 5.68. The molecule has 3 heteroatoms. The maximum atomic E-state index is 10.4. The molecular formula is C10H22MgO2. The van der Waals surface area contributed by atoms with Gasteiger partial charge in [-0.25, -0.2) is 0 Å². The molecule has 0 aliphatic carbocycles. The van der Waals surface area contributed by atoms with Crippen molar-refractivity contribution in [3.05, 3.63) is 0 Å². The van der Waals surface area contributed by atoms with Crippen LogP contribution in [0.1, 0.15) is 55.2 Å². The molecule has 0 aromatic heterocycles. The second-order valence-corrected chi connectivity index (χ2v) is 3.44. The summed E-state index contributed by atoms with van der Waals surface area (Å²) in [5.41, 5.74) is 0. The molecule has 1 atom stereocenters. The van der Waals surface area contributed by atoms with Gasteiger partial charge in [0.05, 0.1) is 5.92 Å². The van der Waals surface area contributed by atoms with Crippen LogP contribution in [-0.2, 0) is 4.79 Å². The van der Waals surface area contributed by atoms with Crippen molar-refractivity contribution in [2.45, 2.75) is 52.4 Å². The predicted molar refractivity (Wildman–Crippen MR) is 58.2 cm³/mol. The van der Waals surface area contributed by atoms with Crippen LogP contribution in [0.4, 0.5) is 0 Å². The fourth-order valence-electron chi connectivity index (χ4n) is 1.18. The van der Waals surface area contributed by atoms with Crippen LogP contribution in [0.15, 0.2) is 0 Å². The maximum Gasteiger partial charge on any atom is 2.00 e. The van der Waals surface area contributed by atoms with Gasteiger partial charge in [-0.15, -0.1) is 0 Å². The van der Waals surface area contributed by atoms with Crippen LogP contribution in [0.25, 0.3) is 0 Å². The smallest absolute Gasteiger partial charge is 1.00 e. The Morgan fingerprint density at radius 3 is 2.31 bits per heavy atom. The fraction of sp³-hybridized carbons (Fsp3) is 0.900. The third kappa shape index (κ3) is 10.2. The van der Waals surface area contributed by atoms with E-state index < -0.39 is 5.97 Å². The molecule has 0 spiro atoms. The summed E-state index contributed by atoms with van der Waals surface area (Å²) in [6.07, 6.45) is 6.86. The maximum absolute atomic E-state index is 10.4.